The van der Waals surface area contributed by atoms with E-state index < -0.39 is 5.41 Å². The van der Waals surface area contributed by atoms with Gasteiger partial charge in [-0.15, -0.1) is 0 Å². The topological polar surface area (TPSA) is 8.17 Å². The van der Waals surface area contributed by atoms with E-state index in [9.17, 15) is 0 Å². The van der Waals surface area contributed by atoms with Crippen molar-refractivity contribution in [3.8, 4) is 39.1 Å². The minimum Gasteiger partial charge on any atom is -0.310 e. The quantitative estimate of drug-likeness (QED) is 0.148. The van der Waals surface area contributed by atoms with E-state index in [2.05, 4.69) is 276 Å². The Hall–Kier alpha value is -8.72. The number of nitrogens with zero attached hydrogens (tertiary/aromatic N) is 2. The third-order valence-corrected chi connectivity index (χ3v) is 14.0. The summed E-state index contributed by atoms with van der Waals surface area (Å²) in [5.74, 6) is 0. The summed E-state index contributed by atoms with van der Waals surface area (Å²) in [6.07, 6.45) is 0. The predicted octanol–water partition coefficient (Wildman–Crippen LogP) is 17.1. The Balaban J connectivity index is 1.11. The Bertz CT molecular complexity index is 3760. The highest BCUT2D eigenvalue weighted by Gasteiger charge is 2.46. The highest BCUT2D eigenvalue weighted by Crippen LogP contribution is 2.57. The number of anilines is 3. The van der Waals surface area contributed by atoms with Crippen LogP contribution in [0.25, 0.3) is 71.6 Å². The second-order valence-corrected chi connectivity index (χ2v) is 17.6. The first-order valence-corrected chi connectivity index (χ1v) is 23.2. The number of rotatable bonds is 8. The molecular formula is C65H44N2. The molecule has 2 heteroatoms. The molecule has 13 rings (SSSR count). The predicted molar refractivity (Wildman–Crippen MR) is 281 cm³/mol. The molecule has 0 atom stereocenters. The van der Waals surface area contributed by atoms with Gasteiger partial charge in [-0.1, -0.05) is 224 Å². The molecule has 1 aromatic heterocycles. The Labute approximate surface area is 390 Å². The fourth-order valence-electron chi connectivity index (χ4n) is 11.2. The van der Waals surface area contributed by atoms with Crippen LogP contribution in [0, 0.1) is 0 Å². The first-order valence-electron chi connectivity index (χ1n) is 23.2. The van der Waals surface area contributed by atoms with Gasteiger partial charge in [0.1, 0.15) is 0 Å². The van der Waals surface area contributed by atoms with Crippen LogP contribution in [0.15, 0.2) is 267 Å². The molecular weight excluding hydrogens is 809 g/mol. The molecule has 0 saturated heterocycles. The SMILES string of the molecule is c1ccc(-c2cccc(-n3c4cc(N(c5ccc6c(c5)C(c5ccccc5)(c5ccccc5)c5ccccc5-6)c5ccccc5-c5ccccc5)ccc4c4ccc5ccccc5c43)c2)cc1. The summed E-state index contributed by atoms with van der Waals surface area (Å²) in [4.78, 5) is 2.49. The maximum atomic E-state index is 2.50. The molecule has 11 aromatic carbocycles. The van der Waals surface area contributed by atoms with Crippen molar-refractivity contribution in [2.24, 2.45) is 0 Å². The van der Waals surface area contributed by atoms with Gasteiger partial charge in [0.05, 0.1) is 22.1 Å². The molecule has 1 aliphatic carbocycles. The van der Waals surface area contributed by atoms with Crippen molar-refractivity contribution < 1.29 is 0 Å². The van der Waals surface area contributed by atoms with Crippen LogP contribution in [0.1, 0.15) is 22.3 Å². The normalized spacial score (nSPS) is 12.6. The van der Waals surface area contributed by atoms with Crippen LogP contribution in [0.3, 0.4) is 0 Å². The van der Waals surface area contributed by atoms with Crippen molar-refractivity contribution in [1.29, 1.82) is 0 Å². The molecule has 0 amide bonds. The second-order valence-electron chi connectivity index (χ2n) is 17.6. The average molecular weight is 853 g/mol. The first-order chi connectivity index (χ1) is 33.3. The number of benzene rings is 11. The van der Waals surface area contributed by atoms with Crippen LogP contribution < -0.4 is 4.90 Å². The summed E-state index contributed by atoms with van der Waals surface area (Å²) in [6.45, 7) is 0. The van der Waals surface area contributed by atoms with Gasteiger partial charge in [-0.05, 0) is 97.9 Å². The summed E-state index contributed by atoms with van der Waals surface area (Å²) in [7, 11) is 0. The van der Waals surface area contributed by atoms with Gasteiger partial charge in [0.15, 0.2) is 0 Å². The fraction of sp³-hybridized carbons (Fsp3) is 0.0154. The molecule has 0 aliphatic heterocycles. The minimum absolute atomic E-state index is 0.545. The Morgan fingerprint density at radius 2 is 0.896 bits per heavy atom. The lowest BCUT2D eigenvalue weighted by atomic mass is 9.67. The molecule has 1 heterocycles. The van der Waals surface area contributed by atoms with Gasteiger partial charge in [-0.25, -0.2) is 0 Å². The molecule has 0 N–H and O–H groups in total. The minimum atomic E-state index is -0.545. The van der Waals surface area contributed by atoms with Crippen molar-refractivity contribution in [2.75, 3.05) is 4.90 Å². The summed E-state index contributed by atoms with van der Waals surface area (Å²) in [5, 5.41) is 4.89. The average Bonchev–Trinajstić information content (AvgIpc) is 3.90. The first kappa shape index (κ1) is 38.7. The zero-order valence-electron chi connectivity index (χ0n) is 36.8. The number of para-hydroxylation sites is 1. The standard InChI is InChI=1S/C65H44N2/c1-5-20-45(21-6-1)48-25-19-30-51(42-48)67-63-44-53(38-41-58(63)59-39-36-47-24-13-14-32-55(47)64(59)67)66(62-35-18-16-31-54(62)46-22-7-2-8-23-46)52-37-40-57-56-33-15-17-34-60(56)65(61(57)43-52,49-26-9-3-10-27-49)50-28-11-4-12-29-50/h1-44H. The summed E-state index contributed by atoms with van der Waals surface area (Å²) in [5.41, 5.74) is 18.5. The lowest BCUT2D eigenvalue weighted by molar-refractivity contribution is 0.768. The zero-order valence-corrected chi connectivity index (χ0v) is 36.8. The smallest absolute Gasteiger partial charge is 0.0714 e. The fourth-order valence-corrected chi connectivity index (χ4v) is 11.2. The third kappa shape index (κ3) is 6.11. The van der Waals surface area contributed by atoms with Crippen LogP contribution in [0.2, 0.25) is 0 Å². The molecule has 1 aliphatic rings. The largest absolute Gasteiger partial charge is 0.310 e. The van der Waals surface area contributed by atoms with Gasteiger partial charge < -0.3 is 9.47 Å². The zero-order chi connectivity index (χ0) is 44.3. The molecule has 12 aromatic rings. The van der Waals surface area contributed by atoms with E-state index in [4.69, 9.17) is 0 Å². The summed E-state index contributed by atoms with van der Waals surface area (Å²) >= 11 is 0. The van der Waals surface area contributed by atoms with E-state index in [0.29, 0.717) is 0 Å². The van der Waals surface area contributed by atoms with Crippen molar-refractivity contribution in [2.45, 2.75) is 5.41 Å². The van der Waals surface area contributed by atoms with E-state index in [0.717, 1.165) is 33.8 Å². The monoisotopic (exact) mass is 852 g/mol. The van der Waals surface area contributed by atoms with Gasteiger partial charge in [0.25, 0.3) is 0 Å². The van der Waals surface area contributed by atoms with Crippen molar-refractivity contribution in [3.63, 3.8) is 0 Å². The van der Waals surface area contributed by atoms with Crippen LogP contribution >= 0.6 is 0 Å². The van der Waals surface area contributed by atoms with Crippen LogP contribution in [0.4, 0.5) is 17.1 Å². The number of aromatic nitrogens is 1. The molecule has 0 saturated carbocycles. The Kier molecular flexibility index (Phi) is 9.11. The molecule has 0 fully saturated rings. The van der Waals surface area contributed by atoms with E-state index in [1.807, 2.05) is 0 Å². The highest BCUT2D eigenvalue weighted by molar-refractivity contribution is 6.19. The molecule has 0 radical (unpaired) electrons. The van der Waals surface area contributed by atoms with E-state index in [1.165, 1.54) is 77.1 Å². The van der Waals surface area contributed by atoms with Crippen LogP contribution in [-0.2, 0) is 5.41 Å². The van der Waals surface area contributed by atoms with Crippen molar-refractivity contribution >= 4 is 49.6 Å². The third-order valence-electron chi connectivity index (χ3n) is 14.0. The number of hydrogen-bond donors (Lipinski definition) is 0. The van der Waals surface area contributed by atoms with Gasteiger partial charge in [-0.3, -0.25) is 0 Å². The number of hydrogen-bond acceptors (Lipinski definition) is 1. The van der Waals surface area contributed by atoms with Crippen molar-refractivity contribution in [3.05, 3.63) is 289 Å². The van der Waals surface area contributed by atoms with Gasteiger partial charge in [-0.2, -0.15) is 0 Å². The lowest BCUT2D eigenvalue weighted by Gasteiger charge is -2.35. The second kappa shape index (κ2) is 15.8. The molecule has 0 spiro atoms. The maximum Gasteiger partial charge on any atom is 0.0714 e. The number of fused-ring (bicyclic) bond motifs is 8. The van der Waals surface area contributed by atoms with Crippen molar-refractivity contribution in [1.82, 2.24) is 4.57 Å². The molecule has 314 valence electrons. The molecule has 67 heavy (non-hydrogen) atoms. The molecule has 0 bridgehead atoms. The van der Waals surface area contributed by atoms with E-state index in [-0.39, 0.29) is 0 Å². The van der Waals surface area contributed by atoms with Gasteiger partial charge >= 0.3 is 0 Å². The maximum absolute atomic E-state index is 2.50. The highest BCUT2D eigenvalue weighted by atomic mass is 15.1. The summed E-state index contributed by atoms with van der Waals surface area (Å²) in [6, 6.07) is 98.2. The van der Waals surface area contributed by atoms with E-state index in [1.54, 1.807) is 0 Å². The van der Waals surface area contributed by atoms with Gasteiger partial charge in [0, 0.05) is 38.8 Å². The summed E-state index contributed by atoms with van der Waals surface area (Å²) < 4.78 is 2.50. The molecule has 2 nitrogen and oxygen atoms in total. The molecule has 0 unspecified atom stereocenters. The van der Waals surface area contributed by atoms with Crippen LogP contribution in [-0.4, -0.2) is 4.57 Å². The van der Waals surface area contributed by atoms with Crippen LogP contribution in [0.5, 0.6) is 0 Å². The Morgan fingerprint density at radius 1 is 0.328 bits per heavy atom. The van der Waals surface area contributed by atoms with Gasteiger partial charge in [0.2, 0.25) is 0 Å². The van der Waals surface area contributed by atoms with E-state index >= 15 is 0 Å². The Morgan fingerprint density at radius 3 is 1.66 bits per heavy atom. The lowest BCUT2D eigenvalue weighted by Crippen LogP contribution is -2.28.